The molecule has 15 heteroatoms. The van der Waals surface area contributed by atoms with Crippen LogP contribution in [0.2, 0.25) is 0 Å². The van der Waals surface area contributed by atoms with Gasteiger partial charge in [-0.15, -0.1) is 0 Å². The van der Waals surface area contributed by atoms with Crippen molar-refractivity contribution in [1.82, 2.24) is 19.5 Å². The number of nitrogen functional groups attached to an aromatic ring is 1. The molecule has 2 aromatic rings. The van der Waals surface area contributed by atoms with Crippen LogP contribution in [0.15, 0.2) is 11.1 Å². The van der Waals surface area contributed by atoms with Crippen molar-refractivity contribution in [2.75, 3.05) is 25.5 Å². The number of hydrogen-bond acceptors (Lipinski definition) is 10. The van der Waals surface area contributed by atoms with E-state index >= 15 is 0 Å². The molecule has 0 radical (unpaired) electrons. The lowest BCUT2D eigenvalue weighted by Crippen LogP contribution is -2.37. The van der Waals surface area contributed by atoms with Crippen LogP contribution in [0.5, 0.6) is 0 Å². The number of imidazole rings is 1. The van der Waals surface area contributed by atoms with Gasteiger partial charge in [0.1, 0.15) is 18.3 Å². The van der Waals surface area contributed by atoms with Gasteiger partial charge in [0.2, 0.25) is 5.95 Å². The maximum Gasteiger partial charge on any atom is 0.470 e. The van der Waals surface area contributed by atoms with E-state index in [1.807, 2.05) is 0 Å². The van der Waals surface area contributed by atoms with Crippen LogP contribution >= 0.6 is 7.82 Å². The van der Waals surface area contributed by atoms with Crippen LogP contribution in [0.25, 0.3) is 11.2 Å². The molecule has 4 atom stereocenters. The van der Waals surface area contributed by atoms with E-state index in [0.717, 1.165) is 19.3 Å². The van der Waals surface area contributed by atoms with E-state index < -0.39 is 44.5 Å². The highest BCUT2D eigenvalue weighted by atomic mass is 31.2. The average molecular weight is 462 g/mol. The number of fused-ring (bicyclic) bond motifs is 1. The number of phosphoric acid groups is 1. The molecule has 1 aliphatic heterocycles. The number of nitrogens with one attached hydrogen (secondary N) is 1. The third-order valence-electron chi connectivity index (χ3n) is 4.86. The van der Waals surface area contributed by atoms with Crippen LogP contribution in [0.3, 0.4) is 0 Å². The van der Waals surface area contributed by atoms with Gasteiger partial charge in [-0.05, 0) is 19.4 Å². The summed E-state index contributed by atoms with van der Waals surface area (Å²) in [6.07, 6.45) is 0.167. The van der Waals surface area contributed by atoms with Gasteiger partial charge in [0.05, 0.1) is 12.9 Å². The number of hydrogen-bond donors (Lipinski definition) is 6. The fraction of sp³-hybridized carbons (Fsp3) is 0.688. The summed E-state index contributed by atoms with van der Waals surface area (Å²) in [4.78, 5) is 41.2. The summed E-state index contributed by atoms with van der Waals surface area (Å²) in [5, 5.41) is 9.70. The fourth-order valence-corrected chi connectivity index (χ4v) is 4.06. The van der Waals surface area contributed by atoms with Gasteiger partial charge in [0.25, 0.3) is 5.56 Å². The number of aromatic nitrogens is 4. The summed E-state index contributed by atoms with van der Waals surface area (Å²) in [6, 6.07) is 0. The molecule has 14 nitrogen and oxygen atoms in total. The lowest BCUT2D eigenvalue weighted by molar-refractivity contribution is -0.0709. The SMILES string of the molecule is NCCCCCCO[C@@H]1[C@H](OP(=O)(O)O)[C@@H](CO)O[C@H]1n1cnc2c(=O)[nH]c(N)nc21. The van der Waals surface area contributed by atoms with Crippen molar-refractivity contribution in [3.05, 3.63) is 16.7 Å². The smallest absolute Gasteiger partial charge is 0.394 e. The van der Waals surface area contributed by atoms with Crippen LogP contribution in [0.1, 0.15) is 31.9 Å². The fourth-order valence-electron chi connectivity index (χ4n) is 3.49. The molecule has 1 aliphatic rings. The number of aliphatic hydroxyl groups excluding tert-OH is 1. The van der Waals surface area contributed by atoms with Crippen LogP contribution in [-0.2, 0) is 18.6 Å². The van der Waals surface area contributed by atoms with Gasteiger partial charge < -0.3 is 35.8 Å². The van der Waals surface area contributed by atoms with E-state index in [2.05, 4.69) is 15.0 Å². The molecule has 1 fully saturated rings. The molecule has 8 N–H and O–H groups in total. The van der Waals surface area contributed by atoms with Gasteiger partial charge in [-0.3, -0.25) is 18.9 Å². The summed E-state index contributed by atoms with van der Waals surface area (Å²) in [5.41, 5.74) is 10.6. The Bertz CT molecular complexity index is 977. The number of nitrogens with zero attached hydrogens (tertiary/aromatic N) is 3. The Morgan fingerprint density at radius 3 is 2.68 bits per heavy atom. The predicted octanol–water partition coefficient (Wildman–Crippen LogP) is -1.03. The molecule has 0 bridgehead atoms. The molecule has 2 aromatic heterocycles. The molecule has 0 spiro atoms. The molecule has 0 aromatic carbocycles. The van der Waals surface area contributed by atoms with Gasteiger partial charge in [0, 0.05) is 6.61 Å². The summed E-state index contributed by atoms with van der Waals surface area (Å²) < 4.78 is 29.4. The molecule has 3 heterocycles. The van der Waals surface area contributed by atoms with Crippen molar-refractivity contribution in [3.8, 4) is 0 Å². The number of H-pyrrole nitrogens is 1. The Morgan fingerprint density at radius 2 is 2.00 bits per heavy atom. The molecule has 0 unspecified atom stereocenters. The monoisotopic (exact) mass is 462 g/mol. The van der Waals surface area contributed by atoms with Gasteiger partial charge >= 0.3 is 7.82 Å². The standard InChI is InChI=1S/C16H27N6O8P/c17-5-3-1-2-4-6-28-12-11(30-31(25,26)27)9(7-23)29-15(12)22-8-19-10-13(22)20-16(18)21-14(10)24/h8-9,11-12,15,23H,1-7,17H2,(H2,25,26,27)(H3,18,20,21,24)/t9-,11-,12-,15-/m1/s1. The maximum absolute atomic E-state index is 12.1. The number of rotatable bonds is 11. The zero-order chi connectivity index (χ0) is 22.6. The molecule has 0 aliphatic carbocycles. The number of unbranched alkanes of at least 4 members (excludes halogenated alkanes) is 3. The minimum atomic E-state index is -4.92. The van der Waals surface area contributed by atoms with Crippen molar-refractivity contribution in [1.29, 1.82) is 0 Å². The number of ether oxygens (including phenoxy) is 2. The number of aliphatic hydroxyl groups is 1. The van der Waals surface area contributed by atoms with Crippen molar-refractivity contribution in [2.45, 2.75) is 50.2 Å². The van der Waals surface area contributed by atoms with E-state index in [1.54, 1.807) is 0 Å². The van der Waals surface area contributed by atoms with Crippen LogP contribution in [-0.4, -0.2) is 72.5 Å². The highest BCUT2D eigenvalue weighted by Crippen LogP contribution is 2.45. The van der Waals surface area contributed by atoms with Gasteiger partial charge in [-0.1, -0.05) is 12.8 Å². The first-order valence-electron chi connectivity index (χ1n) is 9.79. The van der Waals surface area contributed by atoms with E-state index in [1.165, 1.54) is 10.9 Å². The van der Waals surface area contributed by atoms with E-state index in [9.17, 15) is 24.3 Å². The first kappa shape index (κ1) is 23.8. The Labute approximate surface area is 176 Å². The zero-order valence-electron chi connectivity index (χ0n) is 16.7. The molecule has 31 heavy (non-hydrogen) atoms. The van der Waals surface area contributed by atoms with Crippen molar-refractivity contribution in [3.63, 3.8) is 0 Å². The van der Waals surface area contributed by atoms with Crippen LogP contribution < -0.4 is 17.0 Å². The van der Waals surface area contributed by atoms with Gasteiger partial charge in [-0.2, -0.15) is 4.98 Å². The second-order valence-electron chi connectivity index (χ2n) is 7.12. The van der Waals surface area contributed by atoms with Gasteiger partial charge in [-0.25, -0.2) is 9.55 Å². The minimum absolute atomic E-state index is 0.00163. The topological polar surface area (TPSA) is 221 Å². The molecular weight excluding hydrogens is 435 g/mol. The van der Waals surface area contributed by atoms with E-state index in [4.69, 9.17) is 25.5 Å². The largest absolute Gasteiger partial charge is 0.470 e. The van der Waals surface area contributed by atoms with Crippen molar-refractivity contribution in [2.24, 2.45) is 5.73 Å². The lowest BCUT2D eigenvalue weighted by atomic mass is 10.1. The average Bonchev–Trinajstić information content (AvgIpc) is 3.25. The Kier molecular flexibility index (Phi) is 7.78. The van der Waals surface area contributed by atoms with Crippen LogP contribution in [0.4, 0.5) is 5.95 Å². The van der Waals surface area contributed by atoms with E-state index in [0.29, 0.717) is 13.0 Å². The maximum atomic E-state index is 12.1. The first-order valence-corrected chi connectivity index (χ1v) is 11.3. The predicted molar refractivity (Wildman–Crippen MR) is 108 cm³/mol. The number of anilines is 1. The van der Waals surface area contributed by atoms with Crippen molar-refractivity contribution >= 4 is 24.9 Å². The zero-order valence-corrected chi connectivity index (χ0v) is 17.6. The van der Waals surface area contributed by atoms with Crippen LogP contribution in [0, 0.1) is 0 Å². The highest BCUT2D eigenvalue weighted by Gasteiger charge is 2.50. The number of nitrogens with two attached hydrogens (primary N) is 2. The summed E-state index contributed by atoms with van der Waals surface area (Å²) in [7, 11) is -4.92. The summed E-state index contributed by atoms with van der Waals surface area (Å²) in [5.74, 6) is -0.142. The molecule has 0 amide bonds. The third kappa shape index (κ3) is 5.67. The number of phosphoric ester groups is 1. The second-order valence-corrected chi connectivity index (χ2v) is 8.31. The minimum Gasteiger partial charge on any atom is -0.394 e. The van der Waals surface area contributed by atoms with Crippen molar-refractivity contribution < 1.29 is 33.5 Å². The second kappa shape index (κ2) is 10.1. The highest BCUT2D eigenvalue weighted by molar-refractivity contribution is 7.46. The molecule has 1 saturated heterocycles. The quantitative estimate of drug-likeness (QED) is 0.174. The number of aromatic amines is 1. The lowest BCUT2D eigenvalue weighted by Gasteiger charge is -2.25. The van der Waals surface area contributed by atoms with E-state index in [-0.39, 0.29) is 23.7 Å². The Morgan fingerprint density at radius 1 is 1.26 bits per heavy atom. The normalized spacial score (nSPS) is 24.3. The Hall–Kier alpha value is -1.90. The molecule has 174 valence electrons. The molecule has 0 saturated carbocycles. The summed E-state index contributed by atoms with van der Waals surface area (Å²) in [6.45, 7) is 0.260. The Balaban J connectivity index is 1.89. The first-order chi connectivity index (χ1) is 14.7. The summed E-state index contributed by atoms with van der Waals surface area (Å²) >= 11 is 0. The van der Waals surface area contributed by atoms with Gasteiger partial charge in [0.15, 0.2) is 17.4 Å². The molecule has 3 rings (SSSR count). The molecular formula is C16H27N6O8P. The third-order valence-corrected chi connectivity index (χ3v) is 5.38.